The number of hydrogen-bond acceptors (Lipinski definition) is 7. The van der Waals surface area contributed by atoms with Crippen molar-refractivity contribution in [3.05, 3.63) is 82.0 Å². The summed E-state index contributed by atoms with van der Waals surface area (Å²) in [5.74, 6) is 0.343. The highest BCUT2D eigenvalue weighted by Gasteiger charge is 2.15. The van der Waals surface area contributed by atoms with Crippen LogP contribution in [0.5, 0.6) is 5.75 Å². The molecule has 0 aliphatic carbocycles. The van der Waals surface area contributed by atoms with Crippen molar-refractivity contribution >= 4 is 50.8 Å². The summed E-state index contributed by atoms with van der Waals surface area (Å²) < 4.78 is 7.41. The van der Waals surface area contributed by atoms with E-state index in [2.05, 4.69) is 15.6 Å². The number of nitrogens with zero attached hydrogens (tertiary/aromatic N) is 2. The Balaban J connectivity index is 1.35. The smallest absolute Gasteiger partial charge is 0.272 e. The molecule has 192 valence electrons. The normalized spacial score (nSPS) is 10.8. The van der Waals surface area contributed by atoms with Crippen molar-refractivity contribution in [3.63, 3.8) is 0 Å². The van der Waals surface area contributed by atoms with Gasteiger partial charge in [-0.3, -0.25) is 19.0 Å². The summed E-state index contributed by atoms with van der Waals surface area (Å²) in [5.41, 5.74) is 2.20. The maximum atomic E-state index is 13.1. The zero-order valence-corrected chi connectivity index (χ0v) is 22.1. The number of fused-ring (bicyclic) bond motifs is 1. The molecule has 4 rings (SSSR count). The van der Waals surface area contributed by atoms with Crippen LogP contribution in [0, 0.1) is 0 Å². The first-order chi connectivity index (χ1) is 18.0. The molecule has 0 radical (unpaired) electrons. The maximum Gasteiger partial charge on any atom is 0.272 e. The van der Waals surface area contributed by atoms with Gasteiger partial charge in [0.1, 0.15) is 10.4 Å². The number of carbonyl (C=O) groups excluding carboxylic acids is 2. The summed E-state index contributed by atoms with van der Waals surface area (Å²) in [6, 6.07) is 18.9. The molecule has 0 aliphatic heterocycles. The average Bonchev–Trinajstić information content (AvgIpc) is 3.39. The van der Waals surface area contributed by atoms with Gasteiger partial charge in [0.05, 0.1) is 24.1 Å². The Hall–Kier alpha value is -3.63. The Morgan fingerprint density at radius 2 is 1.84 bits per heavy atom. The topological polar surface area (TPSA) is 102 Å². The van der Waals surface area contributed by atoms with Crippen LogP contribution in [0.2, 0.25) is 0 Å². The van der Waals surface area contributed by atoms with E-state index in [1.807, 2.05) is 47.8 Å². The number of thiophene rings is 1. The van der Waals surface area contributed by atoms with Crippen LogP contribution in [0.25, 0.3) is 10.2 Å². The number of carbonyl (C=O) groups is 2. The molecule has 2 aromatic heterocycles. The number of rotatable bonds is 12. The molecule has 2 N–H and O–H groups in total. The minimum Gasteiger partial charge on any atom is -0.495 e. The lowest BCUT2D eigenvalue weighted by molar-refractivity contribution is -0.121. The third-order valence-corrected chi connectivity index (χ3v) is 7.48. The summed E-state index contributed by atoms with van der Waals surface area (Å²) in [5, 5.41) is 8.05. The van der Waals surface area contributed by atoms with E-state index in [1.54, 1.807) is 29.9 Å². The first-order valence-corrected chi connectivity index (χ1v) is 13.8. The van der Waals surface area contributed by atoms with Crippen molar-refractivity contribution in [2.45, 2.75) is 31.0 Å². The van der Waals surface area contributed by atoms with Crippen LogP contribution < -0.4 is 20.9 Å². The minimum atomic E-state index is -0.237. The molecule has 0 bridgehead atoms. The van der Waals surface area contributed by atoms with Crippen molar-refractivity contribution in [3.8, 4) is 5.75 Å². The second-order valence-electron chi connectivity index (χ2n) is 8.21. The number of hydrogen-bond donors (Lipinski definition) is 2. The molecule has 8 nitrogen and oxygen atoms in total. The van der Waals surface area contributed by atoms with Gasteiger partial charge in [0.2, 0.25) is 11.8 Å². The summed E-state index contributed by atoms with van der Waals surface area (Å²) in [6.45, 7) is 0.899. The summed E-state index contributed by atoms with van der Waals surface area (Å²) >= 11 is 2.53. The van der Waals surface area contributed by atoms with E-state index in [0.717, 1.165) is 6.42 Å². The van der Waals surface area contributed by atoms with Gasteiger partial charge in [0, 0.05) is 19.5 Å². The monoisotopic (exact) mass is 536 g/mol. The fourth-order valence-corrected chi connectivity index (χ4v) is 5.38. The van der Waals surface area contributed by atoms with Gasteiger partial charge < -0.3 is 15.4 Å². The van der Waals surface area contributed by atoms with E-state index in [-0.39, 0.29) is 23.1 Å². The SMILES string of the molecule is COc1ccccc1NC(=O)CSc1nc2ccsc2c(=O)n1CCCC(=O)NCCc1ccccc1. The zero-order valence-electron chi connectivity index (χ0n) is 20.4. The number of aromatic nitrogens is 2. The zero-order chi connectivity index (χ0) is 26.0. The van der Waals surface area contributed by atoms with Crippen molar-refractivity contribution in [2.75, 3.05) is 24.7 Å². The molecule has 2 heterocycles. The molecule has 0 atom stereocenters. The van der Waals surface area contributed by atoms with Crippen LogP contribution in [0.1, 0.15) is 18.4 Å². The van der Waals surface area contributed by atoms with E-state index < -0.39 is 0 Å². The molecule has 0 saturated heterocycles. The Morgan fingerprint density at radius 3 is 2.65 bits per heavy atom. The van der Waals surface area contributed by atoms with Crippen molar-refractivity contribution in [1.29, 1.82) is 0 Å². The molecule has 0 aliphatic rings. The molecule has 10 heteroatoms. The molecule has 2 aromatic carbocycles. The van der Waals surface area contributed by atoms with Gasteiger partial charge in [0.25, 0.3) is 5.56 Å². The highest BCUT2D eigenvalue weighted by Crippen LogP contribution is 2.25. The number of nitrogens with one attached hydrogen (secondary N) is 2. The predicted octanol–water partition coefficient (Wildman–Crippen LogP) is 4.34. The third-order valence-electron chi connectivity index (χ3n) is 5.61. The van der Waals surface area contributed by atoms with Gasteiger partial charge in [-0.15, -0.1) is 11.3 Å². The lowest BCUT2D eigenvalue weighted by Crippen LogP contribution is -2.27. The molecule has 0 spiro atoms. The van der Waals surface area contributed by atoms with Crippen LogP contribution in [0.15, 0.2) is 76.0 Å². The first kappa shape index (κ1) is 26.4. The van der Waals surface area contributed by atoms with Crippen LogP contribution in [-0.2, 0) is 22.6 Å². The van der Waals surface area contributed by atoms with Crippen molar-refractivity contribution in [2.24, 2.45) is 0 Å². The second kappa shape index (κ2) is 13.1. The third kappa shape index (κ3) is 7.21. The van der Waals surface area contributed by atoms with E-state index in [9.17, 15) is 14.4 Å². The highest BCUT2D eigenvalue weighted by molar-refractivity contribution is 7.99. The average molecular weight is 537 g/mol. The number of anilines is 1. The fourth-order valence-electron chi connectivity index (χ4n) is 3.77. The van der Waals surface area contributed by atoms with Gasteiger partial charge >= 0.3 is 0 Å². The number of para-hydroxylation sites is 2. The quantitative estimate of drug-likeness (QED) is 0.206. The molecule has 4 aromatic rings. The number of thioether (sulfide) groups is 1. The number of benzene rings is 2. The number of ether oxygens (including phenoxy) is 1. The molecule has 37 heavy (non-hydrogen) atoms. The Bertz CT molecular complexity index is 1420. The van der Waals surface area contributed by atoms with Gasteiger partial charge in [0.15, 0.2) is 5.16 Å². The summed E-state index contributed by atoms with van der Waals surface area (Å²) in [4.78, 5) is 42.7. The van der Waals surface area contributed by atoms with Crippen LogP contribution in [-0.4, -0.2) is 40.8 Å². The van der Waals surface area contributed by atoms with Crippen molar-refractivity contribution < 1.29 is 14.3 Å². The second-order valence-corrected chi connectivity index (χ2v) is 10.1. The molecule has 2 amide bonds. The molecular weight excluding hydrogens is 508 g/mol. The maximum absolute atomic E-state index is 13.1. The van der Waals surface area contributed by atoms with Crippen molar-refractivity contribution in [1.82, 2.24) is 14.9 Å². The number of amides is 2. The Kier molecular flexibility index (Phi) is 9.34. The lowest BCUT2D eigenvalue weighted by Gasteiger charge is -2.13. The largest absolute Gasteiger partial charge is 0.495 e. The Labute approximate surface area is 223 Å². The summed E-state index contributed by atoms with van der Waals surface area (Å²) in [6.07, 6.45) is 1.54. The van der Waals surface area contributed by atoms with E-state index in [1.165, 1.54) is 28.7 Å². The molecule has 0 unspecified atom stereocenters. The van der Waals surface area contributed by atoms with Gasteiger partial charge in [-0.1, -0.05) is 54.2 Å². The fraction of sp³-hybridized carbons (Fsp3) is 0.259. The van der Waals surface area contributed by atoms with Gasteiger partial charge in [-0.05, 0) is 42.0 Å². The summed E-state index contributed by atoms with van der Waals surface area (Å²) in [7, 11) is 1.54. The molecular formula is C27H28N4O4S2. The van der Waals surface area contributed by atoms with Crippen LogP contribution in [0.3, 0.4) is 0 Å². The predicted molar refractivity (Wildman–Crippen MR) is 149 cm³/mol. The number of methoxy groups -OCH3 is 1. The van der Waals surface area contributed by atoms with Crippen LogP contribution >= 0.6 is 23.1 Å². The highest BCUT2D eigenvalue weighted by atomic mass is 32.2. The van der Waals surface area contributed by atoms with Crippen LogP contribution in [0.4, 0.5) is 5.69 Å². The lowest BCUT2D eigenvalue weighted by atomic mass is 10.1. The first-order valence-electron chi connectivity index (χ1n) is 11.9. The minimum absolute atomic E-state index is 0.0560. The van der Waals surface area contributed by atoms with E-state index in [0.29, 0.717) is 52.7 Å². The Morgan fingerprint density at radius 1 is 1.05 bits per heavy atom. The standard InChI is InChI=1S/C27H28N4O4S2/c1-35-22-11-6-5-10-20(22)29-24(33)18-37-27-30-21-14-17-36-25(21)26(34)31(27)16-7-12-23(32)28-15-13-19-8-3-2-4-9-19/h2-6,8-11,14,17H,7,12-13,15-16,18H2,1H3,(H,28,32)(H,29,33). The molecule has 0 fully saturated rings. The molecule has 0 saturated carbocycles. The van der Waals surface area contributed by atoms with E-state index in [4.69, 9.17) is 4.74 Å². The van der Waals surface area contributed by atoms with Gasteiger partial charge in [-0.25, -0.2) is 4.98 Å². The van der Waals surface area contributed by atoms with E-state index >= 15 is 0 Å². The van der Waals surface area contributed by atoms with Gasteiger partial charge in [-0.2, -0.15) is 0 Å².